The van der Waals surface area contributed by atoms with Crippen LogP contribution in [0.5, 0.6) is 5.75 Å². The minimum absolute atomic E-state index is 0.0436. The molecular weight excluding hydrogens is 360 g/mol. The number of benzene rings is 1. The number of aliphatic hydroxyl groups is 1. The predicted molar refractivity (Wildman–Crippen MR) is 104 cm³/mol. The first-order chi connectivity index (χ1) is 13.2. The van der Waals surface area contributed by atoms with Crippen molar-refractivity contribution in [1.82, 2.24) is 9.88 Å². The maximum Gasteiger partial charge on any atom is 0.226 e. The van der Waals surface area contributed by atoms with E-state index in [4.69, 9.17) is 9.84 Å². The van der Waals surface area contributed by atoms with E-state index in [0.29, 0.717) is 30.8 Å². The summed E-state index contributed by atoms with van der Waals surface area (Å²) in [7, 11) is 0. The van der Waals surface area contributed by atoms with E-state index in [0.717, 1.165) is 42.0 Å². The van der Waals surface area contributed by atoms with Crippen LogP contribution in [0.4, 0.5) is 0 Å². The van der Waals surface area contributed by atoms with Gasteiger partial charge in [0.2, 0.25) is 5.91 Å². The van der Waals surface area contributed by atoms with E-state index in [-0.39, 0.29) is 12.5 Å². The molecule has 0 radical (unpaired) electrons. The van der Waals surface area contributed by atoms with Crippen LogP contribution in [0.1, 0.15) is 54.8 Å². The van der Waals surface area contributed by atoms with Crippen LogP contribution in [-0.4, -0.2) is 26.9 Å². The molecule has 5 nitrogen and oxygen atoms in total. The van der Waals surface area contributed by atoms with Crippen LogP contribution in [0.3, 0.4) is 0 Å². The largest absolute Gasteiger partial charge is 0.486 e. The lowest BCUT2D eigenvalue weighted by Crippen LogP contribution is -2.36. The molecule has 144 valence electrons. The van der Waals surface area contributed by atoms with E-state index >= 15 is 0 Å². The molecule has 0 aliphatic heterocycles. The molecule has 1 heterocycles. The highest BCUT2D eigenvalue weighted by Gasteiger charge is 2.36. The van der Waals surface area contributed by atoms with Crippen molar-refractivity contribution in [2.75, 3.05) is 0 Å². The first-order valence-corrected chi connectivity index (χ1v) is 10.7. The number of thiazole rings is 1. The average Bonchev–Trinajstić information content (AvgIpc) is 3.20. The Morgan fingerprint density at radius 3 is 2.78 bits per heavy atom. The van der Waals surface area contributed by atoms with Gasteiger partial charge in [0.05, 0.1) is 12.3 Å². The van der Waals surface area contributed by atoms with E-state index < -0.39 is 0 Å². The zero-order valence-corrected chi connectivity index (χ0v) is 16.3. The maximum absolute atomic E-state index is 12.9. The number of hydrogen-bond donors (Lipinski definition) is 1. The topological polar surface area (TPSA) is 62.7 Å². The smallest absolute Gasteiger partial charge is 0.226 e. The number of rotatable bonds is 8. The van der Waals surface area contributed by atoms with E-state index in [1.807, 2.05) is 23.6 Å². The molecule has 1 N–H and O–H groups in total. The van der Waals surface area contributed by atoms with Gasteiger partial charge in [-0.05, 0) is 43.4 Å². The van der Waals surface area contributed by atoms with Gasteiger partial charge in [-0.25, -0.2) is 4.98 Å². The van der Waals surface area contributed by atoms with Crippen LogP contribution in [0, 0.1) is 5.92 Å². The summed E-state index contributed by atoms with van der Waals surface area (Å²) < 4.78 is 5.87. The zero-order valence-electron chi connectivity index (χ0n) is 15.5. The van der Waals surface area contributed by atoms with Gasteiger partial charge in [-0.15, -0.1) is 11.3 Å². The van der Waals surface area contributed by atoms with Crippen molar-refractivity contribution in [1.29, 1.82) is 0 Å². The third-order valence-corrected chi connectivity index (χ3v) is 6.22. The summed E-state index contributed by atoms with van der Waals surface area (Å²) in [4.78, 5) is 19.3. The molecule has 4 rings (SSSR count). The maximum atomic E-state index is 12.9. The molecule has 0 unspecified atom stereocenters. The van der Waals surface area contributed by atoms with Crippen molar-refractivity contribution in [2.24, 2.45) is 5.92 Å². The first kappa shape index (κ1) is 18.4. The second-order valence-corrected chi connectivity index (χ2v) is 8.45. The lowest BCUT2D eigenvalue weighted by Gasteiger charge is -2.26. The Balaban J connectivity index is 1.39. The Bertz CT molecular complexity index is 781. The summed E-state index contributed by atoms with van der Waals surface area (Å²) in [5, 5.41) is 11.8. The fourth-order valence-corrected chi connectivity index (χ4v) is 4.44. The van der Waals surface area contributed by atoms with Crippen molar-refractivity contribution in [3.05, 3.63) is 45.9 Å². The summed E-state index contributed by atoms with van der Waals surface area (Å²) >= 11 is 1.49. The van der Waals surface area contributed by atoms with Crippen molar-refractivity contribution in [3.63, 3.8) is 0 Å². The van der Waals surface area contributed by atoms with Crippen molar-refractivity contribution in [2.45, 2.75) is 64.3 Å². The van der Waals surface area contributed by atoms with E-state index in [1.165, 1.54) is 24.2 Å². The highest BCUT2D eigenvalue weighted by molar-refractivity contribution is 7.09. The summed E-state index contributed by atoms with van der Waals surface area (Å²) in [6, 6.07) is 8.44. The molecule has 2 aromatic rings. The minimum atomic E-state index is -0.0436. The summed E-state index contributed by atoms with van der Waals surface area (Å²) in [5.74, 6) is 1.37. The third kappa shape index (κ3) is 4.68. The number of aromatic nitrogens is 1. The Morgan fingerprint density at radius 2 is 2.07 bits per heavy atom. The highest BCUT2D eigenvalue weighted by atomic mass is 32.1. The van der Waals surface area contributed by atoms with Gasteiger partial charge < -0.3 is 14.7 Å². The van der Waals surface area contributed by atoms with E-state index in [9.17, 15) is 4.79 Å². The van der Waals surface area contributed by atoms with Gasteiger partial charge in [-0.2, -0.15) is 0 Å². The molecule has 2 aliphatic rings. The monoisotopic (exact) mass is 386 g/mol. The predicted octanol–water partition coefficient (Wildman–Crippen LogP) is 3.90. The second-order valence-electron chi connectivity index (χ2n) is 7.51. The van der Waals surface area contributed by atoms with Gasteiger partial charge in [-0.1, -0.05) is 25.0 Å². The number of hydrogen-bond acceptors (Lipinski definition) is 5. The second kappa shape index (κ2) is 8.40. The summed E-state index contributed by atoms with van der Waals surface area (Å²) in [6.07, 6.45) is 6.74. The van der Waals surface area contributed by atoms with Crippen molar-refractivity contribution >= 4 is 17.2 Å². The minimum Gasteiger partial charge on any atom is -0.486 e. The molecule has 1 amide bonds. The van der Waals surface area contributed by atoms with Crippen LogP contribution in [0.2, 0.25) is 0 Å². The molecule has 0 spiro atoms. The SMILES string of the molecule is O=C(C1CCCC1)N(Cc1cccc(OCc2nc(CO)cs2)c1)C1CC1. The molecule has 2 fully saturated rings. The number of carbonyl (C=O) groups is 1. The average molecular weight is 387 g/mol. The lowest BCUT2D eigenvalue weighted by molar-refractivity contribution is -0.136. The van der Waals surface area contributed by atoms with Crippen LogP contribution in [-0.2, 0) is 24.6 Å². The van der Waals surface area contributed by atoms with Crippen LogP contribution in [0.15, 0.2) is 29.6 Å². The van der Waals surface area contributed by atoms with Gasteiger partial charge in [0, 0.05) is 23.9 Å². The van der Waals surface area contributed by atoms with Gasteiger partial charge in [0.1, 0.15) is 17.4 Å². The molecule has 2 aliphatic carbocycles. The molecule has 0 atom stereocenters. The number of amides is 1. The van der Waals surface area contributed by atoms with Crippen LogP contribution in [0.25, 0.3) is 0 Å². The quantitative estimate of drug-likeness (QED) is 0.747. The molecule has 6 heteroatoms. The molecular formula is C21H26N2O3S. The molecule has 1 aromatic heterocycles. The summed E-state index contributed by atoms with van der Waals surface area (Å²) in [5.41, 5.74) is 1.79. The summed E-state index contributed by atoms with van der Waals surface area (Å²) in [6.45, 7) is 1.02. The molecule has 0 saturated heterocycles. The number of aliphatic hydroxyl groups excluding tert-OH is 1. The molecule has 2 saturated carbocycles. The molecule has 0 bridgehead atoms. The van der Waals surface area contributed by atoms with Gasteiger partial charge in [0.15, 0.2) is 0 Å². The van der Waals surface area contributed by atoms with E-state index in [1.54, 1.807) is 0 Å². The number of nitrogens with zero attached hydrogens (tertiary/aromatic N) is 2. The highest BCUT2D eigenvalue weighted by Crippen LogP contribution is 2.34. The van der Waals surface area contributed by atoms with Gasteiger partial charge in [-0.3, -0.25) is 4.79 Å². The number of ether oxygens (including phenoxy) is 1. The Kier molecular flexibility index (Phi) is 5.74. The standard InChI is InChI=1S/C21H26N2O3S/c24-12-17-14-27-20(22-17)13-26-19-7-3-4-15(10-19)11-23(18-8-9-18)21(25)16-5-1-2-6-16/h3-4,7,10,14,16,18,24H,1-2,5-6,8-9,11-13H2. The van der Waals surface area contributed by atoms with Crippen molar-refractivity contribution < 1.29 is 14.6 Å². The Morgan fingerprint density at radius 1 is 1.26 bits per heavy atom. The fourth-order valence-electron chi connectivity index (χ4n) is 3.74. The Labute approximate surface area is 164 Å². The number of carbonyl (C=O) groups excluding carboxylic acids is 1. The Hall–Kier alpha value is -1.92. The fraction of sp³-hybridized carbons (Fsp3) is 0.524. The van der Waals surface area contributed by atoms with Crippen molar-refractivity contribution in [3.8, 4) is 5.75 Å². The molecule has 1 aromatic carbocycles. The van der Waals surface area contributed by atoms with E-state index in [2.05, 4.69) is 16.0 Å². The zero-order chi connectivity index (χ0) is 18.6. The third-order valence-electron chi connectivity index (χ3n) is 5.35. The normalized spacial score (nSPS) is 17.2. The molecule has 27 heavy (non-hydrogen) atoms. The van der Waals surface area contributed by atoms with Gasteiger partial charge in [0.25, 0.3) is 0 Å². The first-order valence-electron chi connectivity index (χ1n) is 9.79. The van der Waals surface area contributed by atoms with Crippen LogP contribution < -0.4 is 4.74 Å². The van der Waals surface area contributed by atoms with Gasteiger partial charge >= 0.3 is 0 Å². The van der Waals surface area contributed by atoms with Crippen LogP contribution >= 0.6 is 11.3 Å². The lowest BCUT2D eigenvalue weighted by atomic mass is 10.1.